The first-order chi connectivity index (χ1) is 12.1. The number of carbonyl (C=O) groups is 2. The van der Waals surface area contributed by atoms with E-state index in [-0.39, 0.29) is 23.7 Å². The quantitative estimate of drug-likeness (QED) is 0.932. The summed E-state index contributed by atoms with van der Waals surface area (Å²) in [5.74, 6) is -0.247. The normalized spacial score (nSPS) is 21.3. The number of aromatic nitrogens is 1. The minimum Gasteiger partial charge on any atom is -0.350 e. The Morgan fingerprint density at radius 3 is 2.88 bits per heavy atom. The van der Waals surface area contributed by atoms with Crippen molar-refractivity contribution in [2.45, 2.75) is 38.1 Å². The van der Waals surface area contributed by atoms with E-state index in [9.17, 15) is 14.0 Å². The van der Waals surface area contributed by atoms with Gasteiger partial charge in [-0.15, -0.1) is 0 Å². The van der Waals surface area contributed by atoms with Crippen LogP contribution in [0.15, 0.2) is 24.3 Å². The third-order valence-corrected chi connectivity index (χ3v) is 5.33. The number of amides is 2. The number of nitrogens with zero attached hydrogens (tertiary/aromatic N) is 2. The highest BCUT2D eigenvalue weighted by molar-refractivity contribution is 5.98. The highest BCUT2D eigenvalue weighted by atomic mass is 19.1. The molecule has 0 aliphatic carbocycles. The summed E-state index contributed by atoms with van der Waals surface area (Å²) in [6.45, 7) is 2.08. The van der Waals surface area contributed by atoms with Crippen molar-refractivity contribution in [2.75, 3.05) is 19.6 Å². The molecular formula is C19H22FN3O2. The van der Waals surface area contributed by atoms with Crippen LogP contribution in [0.5, 0.6) is 0 Å². The van der Waals surface area contributed by atoms with Crippen molar-refractivity contribution < 1.29 is 14.0 Å². The number of nitrogens with one attached hydrogen (secondary N) is 1. The lowest BCUT2D eigenvalue weighted by atomic mass is 10.0. The molecule has 2 fully saturated rings. The predicted molar refractivity (Wildman–Crippen MR) is 92.7 cm³/mol. The Hall–Kier alpha value is -2.37. The highest BCUT2D eigenvalue weighted by Gasteiger charge is 2.32. The number of hydrogen-bond donors (Lipinski definition) is 1. The number of rotatable bonds is 3. The molecule has 0 spiro atoms. The van der Waals surface area contributed by atoms with Crippen molar-refractivity contribution in [3.8, 4) is 0 Å². The molecule has 1 aromatic carbocycles. The fraction of sp³-hybridized carbons (Fsp3) is 0.474. The van der Waals surface area contributed by atoms with Crippen molar-refractivity contribution in [1.82, 2.24) is 14.8 Å². The monoisotopic (exact) mass is 343 g/mol. The first-order valence-corrected chi connectivity index (χ1v) is 8.99. The number of hydrogen-bond acceptors (Lipinski definition) is 2. The third kappa shape index (κ3) is 3.01. The molecule has 2 amide bonds. The first-order valence-electron chi connectivity index (χ1n) is 8.99. The van der Waals surface area contributed by atoms with Crippen LogP contribution in [0.4, 0.5) is 4.39 Å². The van der Waals surface area contributed by atoms with Crippen molar-refractivity contribution in [3.05, 3.63) is 35.8 Å². The Morgan fingerprint density at radius 1 is 1.24 bits per heavy atom. The van der Waals surface area contributed by atoms with Gasteiger partial charge >= 0.3 is 0 Å². The summed E-state index contributed by atoms with van der Waals surface area (Å²) in [6, 6.07) is 6.43. The summed E-state index contributed by atoms with van der Waals surface area (Å²) in [6.07, 6.45) is 4.45. The topological polar surface area (TPSA) is 56.4 Å². The number of aromatic amines is 1. The lowest BCUT2D eigenvalue weighted by Crippen LogP contribution is -2.49. The second-order valence-corrected chi connectivity index (χ2v) is 6.98. The molecular weight excluding hydrogens is 321 g/mol. The molecule has 0 bridgehead atoms. The molecule has 25 heavy (non-hydrogen) atoms. The van der Waals surface area contributed by atoms with Crippen LogP contribution in [0.3, 0.4) is 0 Å². The van der Waals surface area contributed by atoms with E-state index in [2.05, 4.69) is 4.98 Å². The van der Waals surface area contributed by atoms with Crippen LogP contribution < -0.4 is 0 Å². The summed E-state index contributed by atoms with van der Waals surface area (Å²) >= 11 is 0. The maximum absolute atomic E-state index is 13.9. The Morgan fingerprint density at radius 2 is 2.12 bits per heavy atom. The van der Waals surface area contributed by atoms with E-state index in [0.717, 1.165) is 32.2 Å². The van der Waals surface area contributed by atoms with Crippen molar-refractivity contribution in [2.24, 2.45) is 0 Å². The van der Waals surface area contributed by atoms with Gasteiger partial charge in [0.15, 0.2) is 0 Å². The van der Waals surface area contributed by atoms with E-state index < -0.39 is 0 Å². The summed E-state index contributed by atoms with van der Waals surface area (Å²) in [5, 5.41) is 0.439. The van der Waals surface area contributed by atoms with Gasteiger partial charge in [0, 0.05) is 43.0 Å². The lowest BCUT2D eigenvalue weighted by molar-refractivity contribution is -0.128. The molecule has 3 heterocycles. The highest BCUT2D eigenvalue weighted by Crippen LogP contribution is 2.24. The molecule has 0 radical (unpaired) electrons. The van der Waals surface area contributed by atoms with Gasteiger partial charge in [-0.2, -0.15) is 0 Å². The average molecular weight is 343 g/mol. The van der Waals surface area contributed by atoms with Crippen LogP contribution in [0.25, 0.3) is 10.9 Å². The minimum absolute atomic E-state index is 0.0413. The molecule has 0 saturated carbocycles. The number of H-pyrrole nitrogens is 1. The Balaban J connectivity index is 1.57. The van der Waals surface area contributed by atoms with Crippen LogP contribution in [0.1, 0.15) is 42.6 Å². The van der Waals surface area contributed by atoms with Gasteiger partial charge in [-0.25, -0.2) is 4.39 Å². The second kappa shape index (κ2) is 6.50. The SMILES string of the molecule is O=C1CCCN1CC1CCCCN1C(=O)c1cc2c(F)cccc2[nH]1. The summed E-state index contributed by atoms with van der Waals surface area (Å²) < 4.78 is 13.9. The summed E-state index contributed by atoms with van der Waals surface area (Å²) in [5.41, 5.74) is 1.05. The molecule has 1 unspecified atom stereocenters. The fourth-order valence-electron chi connectivity index (χ4n) is 4.00. The Labute approximate surface area is 145 Å². The van der Waals surface area contributed by atoms with Crippen molar-refractivity contribution in [1.29, 1.82) is 0 Å². The predicted octanol–water partition coefficient (Wildman–Crippen LogP) is 2.92. The minimum atomic E-state index is -0.328. The summed E-state index contributed by atoms with van der Waals surface area (Å²) in [4.78, 5) is 31.7. The molecule has 132 valence electrons. The van der Waals surface area contributed by atoms with Crippen LogP contribution in [-0.4, -0.2) is 52.3 Å². The maximum atomic E-state index is 13.9. The van der Waals surface area contributed by atoms with Gasteiger partial charge in [0.05, 0.1) is 0 Å². The molecule has 6 heteroatoms. The number of carbonyl (C=O) groups excluding carboxylic acids is 2. The largest absolute Gasteiger partial charge is 0.350 e. The summed E-state index contributed by atoms with van der Waals surface area (Å²) in [7, 11) is 0. The molecule has 5 nitrogen and oxygen atoms in total. The Kier molecular flexibility index (Phi) is 4.19. The fourth-order valence-corrected chi connectivity index (χ4v) is 4.00. The van der Waals surface area contributed by atoms with Gasteiger partial charge in [0.2, 0.25) is 5.91 Å². The van der Waals surface area contributed by atoms with Crippen LogP contribution in [-0.2, 0) is 4.79 Å². The molecule has 1 atom stereocenters. The van der Waals surface area contributed by atoms with Gasteiger partial charge in [0.1, 0.15) is 11.5 Å². The zero-order valence-electron chi connectivity index (χ0n) is 14.1. The van der Waals surface area contributed by atoms with Gasteiger partial charge in [-0.1, -0.05) is 6.07 Å². The molecule has 2 aromatic rings. The molecule has 2 aliphatic rings. The smallest absolute Gasteiger partial charge is 0.270 e. The van der Waals surface area contributed by atoms with Crippen LogP contribution in [0, 0.1) is 5.82 Å². The van der Waals surface area contributed by atoms with E-state index in [4.69, 9.17) is 0 Å². The zero-order valence-corrected chi connectivity index (χ0v) is 14.1. The molecule has 1 aromatic heterocycles. The van der Waals surface area contributed by atoms with Gasteiger partial charge in [-0.3, -0.25) is 9.59 Å². The molecule has 1 N–H and O–H groups in total. The number of benzene rings is 1. The van der Waals surface area contributed by atoms with Crippen LogP contribution >= 0.6 is 0 Å². The maximum Gasteiger partial charge on any atom is 0.270 e. The molecule has 4 rings (SSSR count). The Bertz CT molecular complexity index is 816. The zero-order chi connectivity index (χ0) is 17.4. The second-order valence-electron chi connectivity index (χ2n) is 6.98. The van der Waals surface area contributed by atoms with E-state index in [1.165, 1.54) is 6.07 Å². The lowest BCUT2D eigenvalue weighted by Gasteiger charge is -2.37. The third-order valence-electron chi connectivity index (χ3n) is 5.33. The van der Waals surface area contributed by atoms with Gasteiger partial charge < -0.3 is 14.8 Å². The van der Waals surface area contributed by atoms with E-state index >= 15 is 0 Å². The van der Waals surface area contributed by atoms with E-state index in [1.807, 2.05) is 9.80 Å². The average Bonchev–Trinajstić information content (AvgIpc) is 3.22. The van der Waals surface area contributed by atoms with Crippen molar-refractivity contribution >= 4 is 22.7 Å². The van der Waals surface area contributed by atoms with Gasteiger partial charge in [-0.05, 0) is 43.9 Å². The van der Waals surface area contributed by atoms with Gasteiger partial charge in [0.25, 0.3) is 5.91 Å². The molecule has 2 aliphatic heterocycles. The standard InChI is InChI=1S/C19H22FN3O2/c20-15-6-3-7-16-14(15)11-17(21-16)19(25)23-10-2-1-5-13(23)12-22-9-4-8-18(22)24/h3,6-7,11,13,21H,1-2,4-5,8-10,12H2. The van der Waals surface area contributed by atoms with E-state index in [0.29, 0.717) is 36.1 Å². The number of piperidine rings is 1. The number of fused-ring (bicyclic) bond motifs is 1. The molecule has 2 saturated heterocycles. The van der Waals surface area contributed by atoms with Crippen LogP contribution in [0.2, 0.25) is 0 Å². The van der Waals surface area contributed by atoms with E-state index in [1.54, 1.807) is 18.2 Å². The first kappa shape index (κ1) is 16.1. The number of halogens is 1. The number of likely N-dealkylation sites (tertiary alicyclic amines) is 2. The van der Waals surface area contributed by atoms with Crippen molar-refractivity contribution in [3.63, 3.8) is 0 Å².